The lowest BCUT2D eigenvalue weighted by Crippen LogP contribution is -2.32. The molecule has 0 amide bonds. The van der Waals surface area contributed by atoms with E-state index in [0.29, 0.717) is 0 Å². The Morgan fingerprint density at radius 3 is 2.00 bits per heavy atom. The van der Waals surface area contributed by atoms with Gasteiger partial charge in [-0.05, 0) is 13.8 Å². The first-order chi connectivity index (χ1) is 8.53. The molecule has 0 aromatic rings. The molecule has 1 unspecified atom stereocenters. The van der Waals surface area contributed by atoms with E-state index in [2.05, 4.69) is 17.9 Å². The fraction of sp³-hybridized carbons (Fsp3) is 0.455. The van der Waals surface area contributed by atoms with Gasteiger partial charge >= 0.3 is 11.9 Å². The Hall–Kier alpha value is -1.67. The number of hydrogen-bond acceptors (Lipinski definition) is 6. The van der Waals surface area contributed by atoms with Gasteiger partial charge in [0.15, 0.2) is 6.10 Å². The Bertz CT molecular complexity index is 489. The van der Waals surface area contributed by atoms with Gasteiger partial charge in [0.05, 0.1) is 0 Å². The van der Waals surface area contributed by atoms with Gasteiger partial charge in [0, 0.05) is 11.1 Å². The van der Waals surface area contributed by atoms with E-state index < -0.39 is 40.5 Å². The third-order valence-corrected chi connectivity index (χ3v) is 2.56. The molecule has 0 heterocycles. The van der Waals surface area contributed by atoms with Crippen molar-refractivity contribution >= 4 is 22.1 Å². The minimum atomic E-state index is -4.38. The molecule has 0 saturated heterocycles. The molecule has 7 nitrogen and oxygen atoms in total. The van der Waals surface area contributed by atoms with Gasteiger partial charge in [-0.2, -0.15) is 8.42 Å². The fourth-order valence-electron chi connectivity index (χ4n) is 0.895. The van der Waals surface area contributed by atoms with Crippen LogP contribution < -0.4 is 0 Å². The first-order valence-electron chi connectivity index (χ1n) is 5.17. The van der Waals surface area contributed by atoms with E-state index in [0.717, 1.165) is 0 Å². The van der Waals surface area contributed by atoms with Crippen LogP contribution in [0.5, 0.6) is 0 Å². The molecule has 0 spiro atoms. The Balaban J connectivity index is 4.68. The summed E-state index contributed by atoms with van der Waals surface area (Å²) >= 11 is 0. The highest BCUT2D eigenvalue weighted by Crippen LogP contribution is 2.04. The predicted molar refractivity (Wildman–Crippen MR) is 66.9 cm³/mol. The van der Waals surface area contributed by atoms with Crippen LogP contribution in [0.1, 0.15) is 13.8 Å². The fourth-order valence-corrected chi connectivity index (χ4v) is 1.53. The monoisotopic (exact) mass is 292 g/mol. The quantitative estimate of drug-likeness (QED) is 0.413. The van der Waals surface area contributed by atoms with Crippen LogP contribution in [-0.2, 0) is 29.2 Å². The van der Waals surface area contributed by atoms with Crippen LogP contribution in [0.2, 0.25) is 0 Å². The maximum Gasteiger partial charge on any atom is 0.333 e. The van der Waals surface area contributed by atoms with Crippen molar-refractivity contribution in [3.8, 4) is 0 Å². The second kappa shape index (κ2) is 7.05. The molecule has 0 saturated carbocycles. The molecule has 108 valence electrons. The van der Waals surface area contributed by atoms with Gasteiger partial charge in [-0.25, -0.2) is 9.59 Å². The summed E-state index contributed by atoms with van der Waals surface area (Å²) in [7, 11) is -4.38. The smallest absolute Gasteiger partial charge is 0.333 e. The van der Waals surface area contributed by atoms with E-state index >= 15 is 0 Å². The highest BCUT2D eigenvalue weighted by Gasteiger charge is 2.23. The third-order valence-electron chi connectivity index (χ3n) is 1.77. The van der Waals surface area contributed by atoms with E-state index in [1.54, 1.807) is 0 Å². The van der Waals surface area contributed by atoms with Crippen molar-refractivity contribution in [2.75, 3.05) is 12.4 Å². The third kappa shape index (κ3) is 8.11. The second-order valence-corrected chi connectivity index (χ2v) is 5.43. The van der Waals surface area contributed by atoms with Crippen molar-refractivity contribution < 1.29 is 32.0 Å². The van der Waals surface area contributed by atoms with E-state index in [1.165, 1.54) is 13.8 Å². The molecule has 0 radical (unpaired) electrons. The summed E-state index contributed by atoms with van der Waals surface area (Å²) in [6, 6.07) is 0. The maximum atomic E-state index is 11.3. The zero-order valence-corrected chi connectivity index (χ0v) is 11.5. The van der Waals surface area contributed by atoms with Gasteiger partial charge in [0.25, 0.3) is 10.1 Å². The van der Waals surface area contributed by atoms with Crippen LogP contribution in [0, 0.1) is 0 Å². The molecule has 0 aromatic heterocycles. The molecule has 0 fully saturated rings. The van der Waals surface area contributed by atoms with Gasteiger partial charge in [-0.3, -0.25) is 4.55 Å². The molecule has 0 bridgehead atoms. The molecule has 0 aromatic carbocycles. The standard InChI is InChI=1S/C11H16O7S/c1-7(2)10(12)17-5-9(6-19(14,15)16)18-11(13)8(3)4/h9H,1,3,5-6H2,2,4H3,(H,14,15,16). The number of ether oxygens (including phenoxy) is 2. The van der Waals surface area contributed by atoms with Gasteiger partial charge in [-0.15, -0.1) is 0 Å². The van der Waals surface area contributed by atoms with E-state index in [1.807, 2.05) is 0 Å². The molecule has 19 heavy (non-hydrogen) atoms. The Labute approximate surface area is 111 Å². The molecule has 0 rings (SSSR count). The summed E-state index contributed by atoms with van der Waals surface area (Å²) in [6.07, 6.45) is -1.32. The Kier molecular flexibility index (Phi) is 6.43. The summed E-state index contributed by atoms with van der Waals surface area (Å²) < 4.78 is 39.6. The number of rotatable bonds is 7. The van der Waals surface area contributed by atoms with Crippen LogP contribution >= 0.6 is 0 Å². The van der Waals surface area contributed by atoms with Crippen molar-refractivity contribution in [2.45, 2.75) is 20.0 Å². The minimum Gasteiger partial charge on any atom is -0.458 e. The molecular formula is C11H16O7S. The van der Waals surface area contributed by atoms with E-state index in [9.17, 15) is 18.0 Å². The summed E-state index contributed by atoms with van der Waals surface area (Å²) in [6.45, 7) is 8.91. The van der Waals surface area contributed by atoms with Crippen molar-refractivity contribution in [3.63, 3.8) is 0 Å². The predicted octanol–water partition coefficient (Wildman–Crippen LogP) is 0.481. The lowest BCUT2D eigenvalue weighted by Gasteiger charge is -2.16. The number of carbonyl (C=O) groups excluding carboxylic acids is 2. The SMILES string of the molecule is C=C(C)C(=O)OCC(CS(=O)(=O)O)OC(=O)C(=C)C. The zero-order chi connectivity index (χ0) is 15.2. The van der Waals surface area contributed by atoms with Crippen molar-refractivity contribution in [1.29, 1.82) is 0 Å². The minimum absolute atomic E-state index is 0.0477. The Morgan fingerprint density at radius 2 is 1.63 bits per heavy atom. The lowest BCUT2D eigenvalue weighted by atomic mass is 10.3. The lowest BCUT2D eigenvalue weighted by molar-refractivity contribution is -0.152. The maximum absolute atomic E-state index is 11.3. The van der Waals surface area contributed by atoms with Gasteiger partial charge in [-0.1, -0.05) is 13.2 Å². The summed E-state index contributed by atoms with van der Waals surface area (Å²) in [5.41, 5.74) is 0.156. The van der Waals surface area contributed by atoms with Crippen molar-refractivity contribution in [3.05, 3.63) is 24.3 Å². The number of hydrogen-bond donors (Lipinski definition) is 1. The van der Waals surface area contributed by atoms with Gasteiger partial charge in [0.1, 0.15) is 12.4 Å². The average Bonchev–Trinajstić information content (AvgIpc) is 2.22. The van der Waals surface area contributed by atoms with Crippen LogP contribution in [0.4, 0.5) is 0 Å². The highest BCUT2D eigenvalue weighted by atomic mass is 32.2. The van der Waals surface area contributed by atoms with Crippen LogP contribution in [0.15, 0.2) is 24.3 Å². The van der Waals surface area contributed by atoms with Crippen molar-refractivity contribution in [2.24, 2.45) is 0 Å². The average molecular weight is 292 g/mol. The summed E-state index contributed by atoms with van der Waals surface area (Å²) in [5, 5.41) is 0. The van der Waals surface area contributed by atoms with E-state index in [-0.39, 0.29) is 11.1 Å². The first-order valence-corrected chi connectivity index (χ1v) is 6.78. The normalized spacial score (nSPS) is 12.4. The largest absolute Gasteiger partial charge is 0.458 e. The highest BCUT2D eigenvalue weighted by molar-refractivity contribution is 7.85. The topological polar surface area (TPSA) is 107 Å². The van der Waals surface area contributed by atoms with Crippen LogP contribution in [0.25, 0.3) is 0 Å². The molecule has 0 aliphatic heterocycles. The molecular weight excluding hydrogens is 276 g/mol. The van der Waals surface area contributed by atoms with Crippen LogP contribution in [0.3, 0.4) is 0 Å². The number of esters is 2. The van der Waals surface area contributed by atoms with Gasteiger partial charge < -0.3 is 9.47 Å². The Morgan fingerprint density at radius 1 is 1.16 bits per heavy atom. The van der Waals surface area contributed by atoms with E-state index in [4.69, 9.17) is 9.29 Å². The molecule has 0 aliphatic rings. The second-order valence-electron chi connectivity index (χ2n) is 3.94. The molecule has 1 N–H and O–H groups in total. The summed E-state index contributed by atoms with van der Waals surface area (Å²) in [4.78, 5) is 22.4. The zero-order valence-electron chi connectivity index (χ0n) is 10.7. The number of carbonyl (C=O) groups is 2. The molecule has 0 aliphatic carbocycles. The molecule has 1 atom stereocenters. The first kappa shape index (κ1) is 17.3. The van der Waals surface area contributed by atoms with Gasteiger partial charge in [0.2, 0.25) is 0 Å². The summed E-state index contributed by atoms with van der Waals surface area (Å²) in [5.74, 6) is -2.48. The van der Waals surface area contributed by atoms with Crippen molar-refractivity contribution in [1.82, 2.24) is 0 Å². The molecule has 8 heteroatoms. The van der Waals surface area contributed by atoms with Crippen LogP contribution in [-0.4, -0.2) is 43.4 Å².